The zero-order chi connectivity index (χ0) is 9.14. The fourth-order valence-corrected chi connectivity index (χ4v) is 0.856. The van der Waals surface area contributed by atoms with Crippen molar-refractivity contribution in [1.82, 2.24) is 0 Å². The number of rotatable bonds is 2. The molecule has 2 N–H and O–H groups in total. The second-order valence-electron chi connectivity index (χ2n) is 2.16. The standard InChI is InChI=1S/C8H6O4/c9-7(10)5-3-1-2-4-6(5)8(11)12/h1-4H,(H,9,10)(H,11,12)/i9+2,10+2,11+2,12+2. The smallest absolute Gasteiger partial charge is 0.336 e. The predicted molar refractivity (Wildman–Crippen MR) is 40.4 cm³/mol. The van der Waals surface area contributed by atoms with E-state index >= 15 is 0 Å². The molecule has 0 bridgehead atoms. The molecule has 0 spiro atoms. The van der Waals surface area contributed by atoms with Gasteiger partial charge in [0.2, 0.25) is 0 Å². The maximum atomic E-state index is 10.5. The van der Waals surface area contributed by atoms with Gasteiger partial charge in [0, 0.05) is 0 Å². The summed E-state index contributed by atoms with van der Waals surface area (Å²) in [6, 6.07) is 5.48. The molecule has 1 rings (SSSR count). The van der Waals surface area contributed by atoms with Crippen LogP contribution in [0.1, 0.15) is 20.7 Å². The Morgan fingerprint density at radius 2 is 1.25 bits per heavy atom. The van der Waals surface area contributed by atoms with Gasteiger partial charge >= 0.3 is 11.9 Å². The van der Waals surface area contributed by atoms with E-state index in [2.05, 4.69) is 0 Å². The summed E-state index contributed by atoms with van der Waals surface area (Å²) in [7, 11) is 0. The van der Waals surface area contributed by atoms with E-state index in [0.29, 0.717) is 0 Å². The van der Waals surface area contributed by atoms with Crippen LogP contribution in [0.4, 0.5) is 0 Å². The highest BCUT2D eigenvalue weighted by atomic mass is 18.3. The van der Waals surface area contributed by atoms with Crippen LogP contribution in [0.2, 0.25) is 0 Å². The van der Waals surface area contributed by atoms with E-state index in [4.69, 9.17) is 10.2 Å². The molecule has 0 aliphatic heterocycles. The lowest BCUT2D eigenvalue weighted by Gasteiger charge is -1.98. The van der Waals surface area contributed by atoms with Gasteiger partial charge in [0.05, 0.1) is 11.1 Å². The average Bonchev–Trinajstić information content (AvgIpc) is 2.04. The molecule has 0 heterocycles. The first kappa shape index (κ1) is 8.26. The van der Waals surface area contributed by atoms with Gasteiger partial charge in [0.25, 0.3) is 0 Å². The quantitative estimate of drug-likeness (QED) is 0.658. The Labute approximate surface area is 68.1 Å². The lowest BCUT2D eigenvalue weighted by atomic mass is 10.1. The number of hydrogen-bond acceptors (Lipinski definition) is 2. The van der Waals surface area contributed by atoms with Crippen molar-refractivity contribution in [3.63, 3.8) is 0 Å². The molecule has 0 radical (unpaired) electrons. The number of carboxylic acid groups (broad SMARTS) is 2. The Bertz CT molecular complexity index is 297. The van der Waals surface area contributed by atoms with Crippen LogP contribution in [-0.4, -0.2) is 22.2 Å². The topological polar surface area (TPSA) is 74.6 Å². The van der Waals surface area contributed by atoms with Crippen LogP contribution in [0, 0.1) is 0 Å². The van der Waals surface area contributed by atoms with Crippen molar-refractivity contribution in [2.45, 2.75) is 0 Å². The van der Waals surface area contributed by atoms with Crippen molar-refractivity contribution in [3.05, 3.63) is 35.4 Å². The third-order valence-corrected chi connectivity index (χ3v) is 1.39. The van der Waals surface area contributed by atoms with Gasteiger partial charge in [-0.2, -0.15) is 0 Å². The van der Waals surface area contributed by atoms with E-state index < -0.39 is 11.9 Å². The Morgan fingerprint density at radius 3 is 1.50 bits per heavy atom. The molecule has 62 valence electrons. The molecule has 4 heteroatoms. The summed E-state index contributed by atoms with van der Waals surface area (Å²) in [5.74, 6) is -2.46. The molecule has 0 aliphatic carbocycles. The highest BCUT2D eigenvalue weighted by molar-refractivity contribution is 6.01. The fraction of sp³-hybridized carbons (Fsp3) is 0. The van der Waals surface area contributed by atoms with Gasteiger partial charge < -0.3 is 10.2 Å². The SMILES string of the molecule is [18O]=C([18OH])c1ccccc1C(=[18O])[18OH]. The van der Waals surface area contributed by atoms with E-state index in [1.807, 2.05) is 0 Å². The molecule has 0 saturated carbocycles. The van der Waals surface area contributed by atoms with Crippen LogP contribution in [0.25, 0.3) is 0 Å². The summed E-state index contributed by atoms with van der Waals surface area (Å²) >= 11 is 0. The molecule has 1 aromatic rings. The number of hydrogen-bond donors (Lipinski definition) is 2. The van der Waals surface area contributed by atoms with Gasteiger partial charge in [0.15, 0.2) is 0 Å². The third kappa shape index (κ3) is 1.42. The summed E-state index contributed by atoms with van der Waals surface area (Å²) in [5.41, 5.74) is -0.380. The molecule has 0 fully saturated rings. The lowest BCUT2D eigenvalue weighted by molar-refractivity contribution is 0.0651. The largest absolute Gasteiger partial charge is 0.478 e. The second kappa shape index (κ2) is 3.04. The van der Waals surface area contributed by atoms with Crippen molar-refractivity contribution >= 4 is 11.9 Å². The molecule has 4 nitrogen and oxygen atoms in total. The van der Waals surface area contributed by atoms with Gasteiger partial charge in [-0.15, -0.1) is 0 Å². The Hall–Kier alpha value is -1.84. The fourth-order valence-electron chi connectivity index (χ4n) is 0.856. The molecule has 0 unspecified atom stereocenters. The first-order valence-corrected chi connectivity index (χ1v) is 3.18. The van der Waals surface area contributed by atoms with Gasteiger partial charge in [-0.05, 0) is 12.1 Å². The monoisotopic (exact) mass is 174 g/mol. The van der Waals surface area contributed by atoms with Crippen molar-refractivity contribution in [1.29, 1.82) is 0 Å². The van der Waals surface area contributed by atoms with Crippen LogP contribution in [-0.2, 0) is 0 Å². The van der Waals surface area contributed by atoms with Crippen LogP contribution < -0.4 is 0 Å². The first-order chi connectivity index (χ1) is 5.63. The predicted octanol–water partition coefficient (Wildman–Crippen LogP) is 1.08. The first-order valence-electron chi connectivity index (χ1n) is 3.18. The normalized spacial score (nSPS) is 9.33. The summed E-state index contributed by atoms with van der Waals surface area (Å²) in [6.07, 6.45) is 0. The summed E-state index contributed by atoms with van der Waals surface area (Å²) in [4.78, 5) is 20.9. The summed E-state index contributed by atoms with van der Waals surface area (Å²) in [6.45, 7) is 0. The highest BCUT2D eigenvalue weighted by Gasteiger charge is 2.13. The molecular weight excluding hydrogens is 168 g/mol. The zero-order valence-electron chi connectivity index (χ0n) is 6.02. The lowest BCUT2D eigenvalue weighted by Crippen LogP contribution is -2.06. The molecule has 0 saturated heterocycles. The molecule has 0 aromatic heterocycles. The minimum atomic E-state index is -1.23. The van der Waals surface area contributed by atoms with Crippen molar-refractivity contribution in [2.24, 2.45) is 0 Å². The van der Waals surface area contributed by atoms with Crippen LogP contribution in [0.3, 0.4) is 0 Å². The second-order valence-corrected chi connectivity index (χ2v) is 2.16. The maximum absolute atomic E-state index is 10.5. The van der Waals surface area contributed by atoms with E-state index in [1.54, 1.807) is 0 Å². The molecule has 12 heavy (non-hydrogen) atoms. The molecule has 1 aromatic carbocycles. The van der Waals surface area contributed by atoms with Gasteiger partial charge in [0.1, 0.15) is 0 Å². The average molecular weight is 174 g/mol. The minimum Gasteiger partial charge on any atom is -0.478 e. The van der Waals surface area contributed by atoms with E-state index in [-0.39, 0.29) is 11.1 Å². The Kier molecular flexibility index (Phi) is 2.09. The minimum absolute atomic E-state index is 0.190. The highest BCUT2D eigenvalue weighted by Crippen LogP contribution is 2.07. The number of carbonyl (C=O) groups is 2. The van der Waals surface area contributed by atoms with Gasteiger partial charge in [-0.1, -0.05) is 12.1 Å². The van der Waals surface area contributed by atoms with Crippen LogP contribution in [0.15, 0.2) is 24.3 Å². The molecule has 0 aliphatic rings. The Morgan fingerprint density at radius 1 is 0.917 bits per heavy atom. The number of carboxylic acids is 2. The molecular formula is C8H6O4. The van der Waals surface area contributed by atoms with Crippen LogP contribution in [0.5, 0.6) is 0 Å². The summed E-state index contributed by atoms with van der Waals surface area (Å²) < 4.78 is 0. The van der Waals surface area contributed by atoms with E-state index in [1.165, 1.54) is 24.3 Å². The van der Waals surface area contributed by atoms with Crippen molar-refractivity contribution < 1.29 is 19.8 Å². The third-order valence-electron chi connectivity index (χ3n) is 1.39. The van der Waals surface area contributed by atoms with E-state index in [9.17, 15) is 9.59 Å². The van der Waals surface area contributed by atoms with Crippen molar-refractivity contribution in [2.75, 3.05) is 0 Å². The maximum Gasteiger partial charge on any atom is 0.336 e. The van der Waals surface area contributed by atoms with Crippen molar-refractivity contribution in [3.8, 4) is 0 Å². The van der Waals surface area contributed by atoms with Crippen LogP contribution >= 0.6 is 0 Å². The molecule has 0 atom stereocenters. The number of benzene rings is 1. The summed E-state index contributed by atoms with van der Waals surface area (Å²) in [5, 5.41) is 17.1. The Balaban J connectivity index is 3.27. The van der Waals surface area contributed by atoms with Gasteiger partial charge in [-0.25, -0.2) is 9.59 Å². The zero-order valence-corrected chi connectivity index (χ0v) is 6.02. The molecule has 0 amide bonds. The van der Waals surface area contributed by atoms with Gasteiger partial charge in [-0.3, -0.25) is 0 Å². The number of aromatic carboxylic acids is 2. The van der Waals surface area contributed by atoms with E-state index in [0.717, 1.165) is 0 Å².